The van der Waals surface area contributed by atoms with Crippen LogP contribution in [-0.2, 0) is 6.18 Å². The van der Waals surface area contributed by atoms with E-state index in [-0.39, 0.29) is 10.9 Å². The fourth-order valence-corrected chi connectivity index (χ4v) is 2.40. The highest BCUT2D eigenvalue weighted by atomic mass is 35.5. The van der Waals surface area contributed by atoms with E-state index in [9.17, 15) is 13.2 Å². The maximum Gasteiger partial charge on any atom is 0.417 e. The van der Waals surface area contributed by atoms with Crippen LogP contribution in [0, 0.1) is 0 Å². The van der Waals surface area contributed by atoms with Gasteiger partial charge in [-0.3, -0.25) is 0 Å². The maximum absolute atomic E-state index is 12.5. The minimum Gasteiger partial charge on any atom is -0.242 e. The molecule has 1 aliphatic heterocycles. The first-order chi connectivity index (χ1) is 7.98. The zero-order valence-electron chi connectivity index (χ0n) is 9.10. The van der Waals surface area contributed by atoms with Gasteiger partial charge in [-0.2, -0.15) is 13.2 Å². The Morgan fingerprint density at radius 2 is 1.82 bits per heavy atom. The monoisotopic (exact) mass is 262 g/mol. The van der Waals surface area contributed by atoms with E-state index in [4.69, 9.17) is 11.6 Å². The summed E-state index contributed by atoms with van der Waals surface area (Å²) < 4.78 is 37.6. The van der Waals surface area contributed by atoms with Crippen LogP contribution in [-0.4, -0.2) is 13.1 Å². The number of rotatable bonds is 1. The largest absolute Gasteiger partial charge is 0.417 e. The van der Waals surface area contributed by atoms with Gasteiger partial charge in [0.1, 0.15) is 0 Å². The van der Waals surface area contributed by atoms with Gasteiger partial charge in [0, 0.05) is 13.1 Å². The number of piperidine rings is 1. The predicted octanol–water partition coefficient (Wildman–Crippen LogP) is 3.84. The summed E-state index contributed by atoms with van der Waals surface area (Å²) in [6.45, 7) is 1.56. The third-order valence-electron chi connectivity index (χ3n) is 3.04. The van der Waals surface area contributed by atoms with E-state index in [1.807, 2.05) is 0 Å². The molecule has 0 aromatic heterocycles. The molecule has 0 saturated carbocycles. The van der Waals surface area contributed by atoms with Crippen molar-refractivity contribution < 1.29 is 13.2 Å². The molecule has 2 rings (SSSR count). The molecule has 1 radical (unpaired) electrons. The lowest BCUT2D eigenvalue weighted by Gasteiger charge is -2.22. The topological polar surface area (TPSA) is 14.1 Å². The molecule has 1 aliphatic rings. The smallest absolute Gasteiger partial charge is 0.242 e. The van der Waals surface area contributed by atoms with E-state index in [1.54, 1.807) is 0 Å². The number of halogens is 4. The van der Waals surface area contributed by atoms with Gasteiger partial charge in [0.2, 0.25) is 0 Å². The summed E-state index contributed by atoms with van der Waals surface area (Å²) in [6.07, 6.45) is -2.60. The molecule has 0 unspecified atom stereocenters. The van der Waals surface area contributed by atoms with Crippen LogP contribution in [0.3, 0.4) is 0 Å². The number of hydrogen-bond donors (Lipinski definition) is 0. The molecule has 0 bridgehead atoms. The summed E-state index contributed by atoms with van der Waals surface area (Å²) in [6, 6.07) is 4.05. The average molecular weight is 263 g/mol. The van der Waals surface area contributed by atoms with Gasteiger partial charge in [0.25, 0.3) is 0 Å². The van der Waals surface area contributed by atoms with E-state index < -0.39 is 11.7 Å². The molecular weight excluding hydrogens is 251 g/mol. The van der Waals surface area contributed by atoms with Crippen LogP contribution in [0.2, 0.25) is 5.02 Å². The van der Waals surface area contributed by atoms with Crippen molar-refractivity contribution in [2.45, 2.75) is 24.9 Å². The Labute approximate surface area is 103 Å². The second kappa shape index (κ2) is 4.86. The standard InChI is InChI=1S/C12H12ClF3N/c13-11-7-9(8-3-5-17-6-4-8)1-2-10(11)12(14,15)16/h1-2,7-8H,3-6H2. The molecule has 0 spiro atoms. The number of nitrogens with zero attached hydrogens (tertiary/aromatic N) is 1. The first kappa shape index (κ1) is 12.7. The lowest BCUT2D eigenvalue weighted by atomic mass is 9.90. The van der Waals surface area contributed by atoms with Crippen LogP contribution in [0.25, 0.3) is 0 Å². The molecule has 5 heteroatoms. The van der Waals surface area contributed by atoms with Crippen molar-refractivity contribution in [1.82, 2.24) is 5.32 Å². The Balaban J connectivity index is 2.24. The van der Waals surface area contributed by atoms with E-state index in [1.165, 1.54) is 12.1 Å². The van der Waals surface area contributed by atoms with Gasteiger partial charge >= 0.3 is 6.18 Å². The first-order valence-corrected chi connectivity index (χ1v) is 5.86. The quantitative estimate of drug-likeness (QED) is 0.730. The van der Waals surface area contributed by atoms with Gasteiger partial charge in [0.05, 0.1) is 10.6 Å². The molecule has 0 N–H and O–H groups in total. The van der Waals surface area contributed by atoms with Gasteiger partial charge in [-0.25, -0.2) is 5.32 Å². The van der Waals surface area contributed by atoms with Crippen molar-refractivity contribution in [2.24, 2.45) is 0 Å². The average Bonchev–Trinajstić information content (AvgIpc) is 2.28. The highest BCUT2D eigenvalue weighted by Crippen LogP contribution is 2.37. The third kappa shape index (κ3) is 2.93. The van der Waals surface area contributed by atoms with Crippen molar-refractivity contribution in [3.63, 3.8) is 0 Å². The lowest BCUT2D eigenvalue weighted by molar-refractivity contribution is -0.137. The van der Waals surface area contributed by atoms with Crippen molar-refractivity contribution in [1.29, 1.82) is 0 Å². The van der Waals surface area contributed by atoms with E-state index >= 15 is 0 Å². The Morgan fingerprint density at radius 1 is 1.18 bits per heavy atom. The highest BCUT2D eigenvalue weighted by molar-refractivity contribution is 6.31. The van der Waals surface area contributed by atoms with Crippen LogP contribution >= 0.6 is 11.6 Å². The summed E-state index contributed by atoms with van der Waals surface area (Å²) >= 11 is 5.69. The zero-order chi connectivity index (χ0) is 12.5. The minimum absolute atomic E-state index is 0.211. The van der Waals surface area contributed by atoms with E-state index in [0.717, 1.165) is 37.6 Å². The van der Waals surface area contributed by atoms with Gasteiger partial charge in [-0.15, -0.1) is 0 Å². The zero-order valence-corrected chi connectivity index (χ0v) is 9.85. The number of benzene rings is 1. The van der Waals surface area contributed by atoms with Crippen molar-refractivity contribution in [3.8, 4) is 0 Å². The maximum atomic E-state index is 12.5. The van der Waals surface area contributed by atoms with Crippen LogP contribution in [0.5, 0.6) is 0 Å². The molecule has 17 heavy (non-hydrogen) atoms. The van der Waals surface area contributed by atoms with Gasteiger partial charge in [-0.1, -0.05) is 17.7 Å². The molecule has 1 fully saturated rings. The Hall–Kier alpha value is -0.740. The Kier molecular flexibility index (Phi) is 3.64. The van der Waals surface area contributed by atoms with Crippen LogP contribution in [0.15, 0.2) is 18.2 Å². The molecule has 1 aromatic rings. The van der Waals surface area contributed by atoms with Crippen LogP contribution in [0.4, 0.5) is 13.2 Å². The minimum atomic E-state index is -4.38. The van der Waals surface area contributed by atoms with Crippen molar-refractivity contribution in [2.75, 3.05) is 13.1 Å². The molecule has 1 nitrogen and oxygen atoms in total. The van der Waals surface area contributed by atoms with Gasteiger partial charge < -0.3 is 0 Å². The molecule has 1 heterocycles. The molecular formula is C12H12ClF3N. The SMILES string of the molecule is FC(F)(F)c1ccc(C2CC[N]CC2)cc1Cl. The van der Waals surface area contributed by atoms with Crippen LogP contribution in [0.1, 0.15) is 29.9 Å². The van der Waals surface area contributed by atoms with Crippen molar-refractivity contribution in [3.05, 3.63) is 34.3 Å². The summed E-state index contributed by atoms with van der Waals surface area (Å²) in [7, 11) is 0. The number of alkyl halides is 3. The van der Waals surface area contributed by atoms with Gasteiger partial charge in [0.15, 0.2) is 0 Å². The molecule has 93 valence electrons. The summed E-state index contributed by atoms with van der Waals surface area (Å²) in [5, 5.41) is 4.01. The molecule has 1 aromatic carbocycles. The molecule has 0 atom stereocenters. The molecule has 1 saturated heterocycles. The fourth-order valence-electron chi connectivity index (χ4n) is 2.10. The summed E-state index contributed by atoms with van der Waals surface area (Å²) in [5.41, 5.74) is 0.126. The molecule has 0 amide bonds. The second-order valence-corrected chi connectivity index (χ2v) is 4.59. The normalized spacial score (nSPS) is 18.4. The van der Waals surface area contributed by atoms with E-state index in [2.05, 4.69) is 5.32 Å². The Bertz CT molecular complexity index is 397. The molecule has 0 aliphatic carbocycles. The Morgan fingerprint density at radius 3 is 2.35 bits per heavy atom. The fraction of sp³-hybridized carbons (Fsp3) is 0.500. The van der Waals surface area contributed by atoms with E-state index in [0.29, 0.717) is 0 Å². The van der Waals surface area contributed by atoms with Crippen molar-refractivity contribution >= 4 is 11.6 Å². The third-order valence-corrected chi connectivity index (χ3v) is 3.35. The predicted molar refractivity (Wildman–Crippen MR) is 60.3 cm³/mol. The van der Waals surface area contributed by atoms with Crippen LogP contribution < -0.4 is 5.32 Å². The lowest BCUT2D eigenvalue weighted by Crippen LogP contribution is -2.21. The highest BCUT2D eigenvalue weighted by Gasteiger charge is 2.33. The first-order valence-electron chi connectivity index (χ1n) is 5.48. The second-order valence-electron chi connectivity index (χ2n) is 4.18. The summed E-state index contributed by atoms with van der Waals surface area (Å²) in [4.78, 5) is 0. The van der Waals surface area contributed by atoms with Gasteiger partial charge in [-0.05, 0) is 36.5 Å². The number of hydrogen-bond acceptors (Lipinski definition) is 0. The summed E-state index contributed by atoms with van der Waals surface area (Å²) in [5.74, 6) is 0.285.